The number of carbonyl (C=O) groups is 2. The molecule has 0 radical (unpaired) electrons. The largest absolute Gasteiger partial charge is 0.459 e. The van der Waals surface area contributed by atoms with Gasteiger partial charge in [0.05, 0.1) is 22.6 Å². The lowest BCUT2D eigenvalue weighted by atomic mass is 10.1. The standard InChI is InChI=1S/C20H15Cl2N3O3/c1-12(24-25-20(27)18-3-2-10-28-18)13-4-7-15(8-5-13)23-19(26)16-9-6-14(21)11-17(16)22/h2-11H,1H3,(H,23,26)(H,25,27). The van der Waals surface area contributed by atoms with Gasteiger partial charge in [0.15, 0.2) is 5.76 Å². The molecule has 0 unspecified atom stereocenters. The Hall–Kier alpha value is -3.09. The van der Waals surface area contributed by atoms with Gasteiger partial charge >= 0.3 is 5.91 Å². The lowest BCUT2D eigenvalue weighted by molar-refractivity contribution is 0.0926. The number of amides is 2. The predicted octanol–water partition coefficient (Wildman–Crippen LogP) is 4.99. The van der Waals surface area contributed by atoms with Crippen molar-refractivity contribution in [2.45, 2.75) is 6.92 Å². The van der Waals surface area contributed by atoms with Crippen molar-refractivity contribution in [1.82, 2.24) is 5.43 Å². The van der Waals surface area contributed by atoms with E-state index in [1.807, 2.05) is 0 Å². The van der Waals surface area contributed by atoms with Crippen LogP contribution < -0.4 is 10.7 Å². The van der Waals surface area contributed by atoms with E-state index in [1.54, 1.807) is 55.5 Å². The maximum Gasteiger partial charge on any atom is 0.307 e. The van der Waals surface area contributed by atoms with Crippen LogP contribution in [0.1, 0.15) is 33.4 Å². The first-order valence-electron chi connectivity index (χ1n) is 8.19. The number of benzene rings is 2. The molecule has 0 fully saturated rings. The van der Waals surface area contributed by atoms with Crippen LogP contribution in [0.4, 0.5) is 5.69 Å². The highest BCUT2D eigenvalue weighted by molar-refractivity contribution is 6.37. The fourth-order valence-corrected chi connectivity index (χ4v) is 2.82. The van der Waals surface area contributed by atoms with Gasteiger partial charge in [-0.15, -0.1) is 0 Å². The van der Waals surface area contributed by atoms with E-state index in [2.05, 4.69) is 15.8 Å². The van der Waals surface area contributed by atoms with Gasteiger partial charge in [0.1, 0.15) is 0 Å². The van der Waals surface area contributed by atoms with E-state index in [0.29, 0.717) is 22.0 Å². The maximum atomic E-state index is 12.3. The molecule has 142 valence electrons. The number of anilines is 1. The number of hydrogen-bond acceptors (Lipinski definition) is 4. The summed E-state index contributed by atoms with van der Waals surface area (Å²) >= 11 is 11.9. The first-order valence-corrected chi connectivity index (χ1v) is 8.94. The molecule has 0 atom stereocenters. The molecule has 6 nitrogen and oxygen atoms in total. The van der Waals surface area contributed by atoms with E-state index in [-0.39, 0.29) is 16.7 Å². The summed E-state index contributed by atoms with van der Waals surface area (Å²) in [7, 11) is 0. The molecule has 2 N–H and O–H groups in total. The van der Waals surface area contributed by atoms with Crippen LogP contribution in [0.2, 0.25) is 10.0 Å². The minimum absolute atomic E-state index is 0.176. The molecule has 1 heterocycles. The van der Waals surface area contributed by atoms with Gasteiger partial charge in [-0.05, 0) is 55.0 Å². The highest BCUT2D eigenvalue weighted by Gasteiger charge is 2.11. The lowest BCUT2D eigenvalue weighted by Crippen LogP contribution is -2.18. The average molecular weight is 416 g/mol. The molecule has 2 amide bonds. The highest BCUT2D eigenvalue weighted by atomic mass is 35.5. The zero-order valence-electron chi connectivity index (χ0n) is 14.7. The smallest absolute Gasteiger partial charge is 0.307 e. The minimum atomic E-state index is -0.437. The Morgan fingerprint density at radius 3 is 2.39 bits per heavy atom. The molecule has 3 aromatic rings. The first-order chi connectivity index (χ1) is 13.4. The number of hydrogen-bond donors (Lipinski definition) is 2. The van der Waals surface area contributed by atoms with Gasteiger partial charge < -0.3 is 9.73 Å². The van der Waals surface area contributed by atoms with Crippen molar-refractivity contribution in [3.63, 3.8) is 0 Å². The van der Waals surface area contributed by atoms with Gasteiger partial charge in [-0.1, -0.05) is 35.3 Å². The Labute approximate surface area is 171 Å². The van der Waals surface area contributed by atoms with E-state index in [1.165, 1.54) is 12.3 Å². The summed E-state index contributed by atoms with van der Waals surface area (Å²) in [4.78, 5) is 24.2. The maximum absolute atomic E-state index is 12.3. The summed E-state index contributed by atoms with van der Waals surface area (Å²) < 4.78 is 5.00. The summed E-state index contributed by atoms with van der Waals surface area (Å²) in [6, 6.07) is 14.8. The van der Waals surface area contributed by atoms with Crippen molar-refractivity contribution < 1.29 is 14.0 Å². The normalized spacial score (nSPS) is 11.2. The first kappa shape index (κ1) is 19.7. The molecule has 3 rings (SSSR count). The fraction of sp³-hybridized carbons (Fsp3) is 0.0500. The average Bonchev–Trinajstić information content (AvgIpc) is 3.21. The summed E-state index contributed by atoms with van der Waals surface area (Å²) in [6.45, 7) is 1.75. The van der Waals surface area contributed by atoms with Crippen molar-refractivity contribution in [3.8, 4) is 0 Å². The van der Waals surface area contributed by atoms with E-state index in [9.17, 15) is 9.59 Å². The van der Waals surface area contributed by atoms with Crippen molar-refractivity contribution in [2.75, 3.05) is 5.32 Å². The Bertz CT molecular complexity index is 1030. The molecule has 1 aromatic heterocycles. The minimum Gasteiger partial charge on any atom is -0.459 e. The third kappa shape index (κ3) is 4.79. The Balaban J connectivity index is 1.64. The van der Waals surface area contributed by atoms with E-state index in [4.69, 9.17) is 27.6 Å². The number of furan rings is 1. The number of halogens is 2. The summed E-state index contributed by atoms with van der Waals surface area (Å²) in [5.74, 6) is -0.603. The van der Waals surface area contributed by atoms with Crippen LogP contribution in [-0.4, -0.2) is 17.5 Å². The van der Waals surface area contributed by atoms with Gasteiger partial charge in [0.2, 0.25) is 0 Å². The van der Waals surface area contributed by atoms with Crippen molar-refractivity contribution >= 4 is 46.4 Å². The monoisotopic (exact) mass is 415 g/mol. The van der Waals surface area contributed by atoms with Gasteiger partial charge in [0, 0.05) is 10.7 Å². The number of carbonyl (C=O) groups excluding carboxylic acids is 2. The Morgan fingerprint density at radius 2 is 1.75 bits per heavy atom. The molecule has 0 saturated heterocycles. The quantitative estimate of drug-likeness (QED) is 0.454. The zero-order valence-corrected chi connectivity index (χ0v) is 16.2. The molecular formula is C20H15Cl2N3O3. The molecule has 0 saturated carbocycles. The highest BCUT2D eigenvalue weighted by Crippen LogP contribution is 2.22. The summed E-state index contributed by atoms with van der Waals surface area (Å²) in [6.07, 6.45) is 1.41. The topological polar surface area (TPSA) is 83.7 Å². The summed E-state index contributed by atoms with van der Waals surface area (Å²) in [5, 5.41) is 7.55. The van der Waals surface area contributed by atoms with E-state index in [0.717, 1.165) is 5.56 Å². The van der Waals surface area contributed by atoms with Crippen LogP contribution in [0.15, 0.2) is 70.4 Å². The molecule has 0 aliphatic heterocycles. The molecule has 0 aliphatic carbocycles. The van der Waals surface area contributed by atoms with Crippen molar-refractivity contribution in [1.29, 1.82) is 0 Å². The van der Waals surface area contributed by atoms with E-state index >= 15 is 0 Å². The van der Waals surface area contributed by atoms with Crippen molar-refractivity contribution in [3.05, 3.63) is 87.8 Å². The second kappa shape index (κ2) is 8.73. The Kier molecular flexibility index (Phi) is 6.13. The van der Waals surface area contributed by atoms with Crippen molar-refractivity contribution in [2.24, 2.45) is 5.10 Å². The van der Waals surface area contributed by atoms with Gasteiger partial charge in [-0.3, -0.25) is 9.59 Å². The third-order valence-electron chi connectivity index (χ3n) is 3.81. The second-order valence-corrected chi connectivity index (χ2v) is 6.61. The SMILES string of the molecule is CC(=NNC(=O)c1ccco1)c1ccc(NC(=O)c2ccc(Cl)cc2Cl)cc1. The molecule has 0 aliphatic rings. The van der Waals surface area contributed by atoms with Gasteiger partial charge in [-0.2, -0.15) is 5.10 Å². The van der Waals surface area contributed by atoms with Crippen LogP contribution in [0, 0.1) is 0 Å². The van der Waals surface area contributed by atoms with Crippen LogP contribution >= 0.6 is 23.2 Å². The van der Waals surface area contributed by atoms with Crippen LogP contribution in [0.25, 0.3) is 0 Å². The van der Waals surface area contributed by atoms with Gasteiger partial charge in [0.25, 0.3) is 5.91 Å². The summed E-state index contributed by atoms with van der Waals surface area (Å²) in [5.41, 5.74) is 4.72. The lowest BCUT2D eigenvalue weighted by Gasteiger charge is -2.08. The predicted molar refractivity (Wildman–Crippen MR) is 109 cm³/mol. The number of rotatable bonds is 5. The van der Waals surface area contributed by atoms with E-state index < -0.39 is 5.91 Å². The number of nitrogens with zero attached hydrogens (tertiary/aromatic N) is 1. The molecular weight excluding hydrogens is 401 g/mol. The number of nitrogens with one attached hydrogen (secondary N) is 2. The van der Waals surface area contributed by atoms with Crippen LogP contribution in [0.5, 0.6) is 0 Å². The second-order valence-electron chi connectivity index (χ2n) is 5.77. The van der Waals surface area contributed by atoms with Crippen LogP contribution in [0.3, 0.4) is 0 Å². The number of hydrazone groups is 1. The molecule has 28 heavy (non-hydrogen) atoms. The van der Waals surface area contributed by atoms with Gasteiger partial charge in [-0.25, -0.2) is 5.43 Å². The Morgan fingerprint density at radius 1 is 1.00 bits per heavy atom. The van der Waals surface area contributed by atoms with Crippen LogP contribution in [-0.2, 0) is 0 Å². The third-order valence-corrected chi connectivity index (χ3v) is 4.35. The molecule has 0 spiro atoms. The zero-order chi connectivity index (χ0) is 20.1. The molecule has 0 bridgehead atoms. The molecule has 8 heteroatoms. The fourth-order valence-electron chi connectivity index (χ4n) is 2.33. The molecule has 2 aromatic carbocycles.